The third-order valence-electron chi connectivity index (χ3n) is 2.96. The highest BCUT2D eigenvalue weighted by Gasteiger charge is 2.04. The summed E-state index contributed by atoms with van der Waals surface area (Å²) in [6.45, 7) is 2.73. The number of hydrogen-bond donors (Lipinski definition) is 2. The Kier molecular flexibility index (Phi) is 4.77. The van der Waals surface area contributed by atoms with Gasteiger partial charge in [-0.2, -0.15) is 0 Å². The standard InChI is InChI=1S/C16H16FNO3/c1-11-9-13(17)5-6-15(11)18-7-8-21-14-4-2-3-12(10-14)16(19)20/h2-6,9-10,18H,7-8H2,1H3,(H,19,20). The first-order valence-electron chi connectivity index (χ1n) is 6.52. The van der Waals surface area contributed by atoms with Crippen molar-refractivity contribution in [1.29, 1.82) is 0 Å². The van der Waals surface area contributed by atoms with Crippen LogP contribution in [0.4, 0.5) is 10.1 Å². The highest BCUT2D eigenvalue weighted by molar-refractivity contribution is 5.87. The highest BCUT2D eigenvalue weighted by atomic mass is 19.1. The zero-order valence-electron chi connectivity index (χ0n) is 11.6. The van der Waals surface area contributed by atoms with Crippen molar-refractivity contribution in [3.05, 3.63) is 59.4 Å². The van der Waals surface area contributed by atoms with Crippen molar-refractivity contribution in [2.75, 3.05) is 18.5 Å². The van der Waals surface area contributed by atoms with Crippen molar-refractivity contribution >= 4 is 11.7 Å². The number of ether oxygens (including phenoxy) is 1. The van der Waals surface area contributed by atoms with E-state index in [1.54, 1.807) is 18.2 Å². The fourth-order valence-electron chi connectivity index (χ4n) is 1.90. The second kappa shape index (κ2) is 6.74. The van der Waals surface area contributed by atoms with E-state index < -0.39 is 5.97 Å². The van der Waals surface area contributed by atoms with E-state index in [4.69, 9.17) is 9.84 Å². The van der Waals surface area contributed by atoms with E-state index in [0.717, 1.165) is 11.3 Å². The molecule has 0 bridgehead atoms. The molecule has 0 atom stereocenters. The number of benzene rings is 2. The molecular formula is C16H16FNO3. The zero-order chi connectivity index (χ0) is 15.2. The summed E-state index contributed by atoms with van der Waals surface area (Å²) in [6, 6.07) is 10.9. The number of aromatic carboxylic acids is 1. The molecule has 2 N–H and O–H groups in total. The van der Waals surface area contributed by atoms with Gasteiger partial charge in [-0.15, -0.1) is 0 Å². The first kappa shape index (κ1) is 14.8. The average Bonchev–Trinajstić information content (AvgIpc) is 2.45. The Hall–Kier alpha value is -2.56. The van der Waals surface area contributed by atoms with Gasteiger partial charge in [0.15, 0.2) is 0 Å². The second-order valence-electron chi connectivity index (χ2n) is 4.57. The summed E-state index contributed by atoms with van der Waals surface area (Å²) < 4.78 is 18.4. The van der Waals surface area contributed by atoms with Crippen LogP contribution in [0, 0.1) is 12.7 Å². The van der Waals surface area contributed by atoms with E-state index in [1.807, 2.05) is 6.92 Å². The fourth-order valence-corrected chi connectivity index (χ4v) is 1.90. The van der Waals surface area contributed by atoms with E-state index in [9.17, 15) is 9.18 Å². The van der Waals surface area contributed by atoms with Crippen molar-refractivity contribution in [1.82, 2.24) is 0 Å². The predicted octanol–water partition coefficient (Wildman–Crippen LogP) is 3.32. The number of rotatable bonds is 6. The molecule has 0 aliphatic carbocycles. The molecule has 0 aliphatic heterocycles. The Labute approximate surface area is 122 Å². The Bertz CT molecular complexity index is 643. The molecule has 0 saturated carbocycles. The molecular weight excluding hydrogens is 273 g/mol. The minimum Gasteiger partial charge on any atom is -0.492 e. The van der Waals surface area contributed by atoms with Crippen LogP contribution in [0.2, 0.25) is 0 Å². The Balaban J connectivity index is 1.84. The number of carbonyl (C=O) groups is 1. The number of halogens is 1. The van der Waals surface area contributed by atoms with Gasteiger partial charge in [0.25, 0.3) is 0 Å². The van der Waals surface area contributed by atoms with E-state index in [2.05, 4.69) is 5.32 Å². The minimum atomic E-state index is -0.986. The predicted molar refractivity (Wildman–Crippen MR) is 78.5 cm³/mol. The number of carboxylic acids is 1. The Morgan fingerprint density at radius 3 is 2.81 bits per heavy atom. The van der Waals surface area contributed by atoms with Crippen LogP contribution in [0.3, 0.4) is 0 Å². The topological polar surface area (TPSA) is 58.6 Å². The molecule has 0 fully saturated rings. The lowest BCUT2D eigenvalue weighted by Gasteiger charge is -2.11. The third-order valence-corrected chi connectivity index (χ3v) is 2.96. The molecule has 0 amide bonds. The molecule has 0 radical (unpaired) electrons. The number of nitrogens with one attached hydrogen (secondary N) is 1. The molecule has 0 unspecified atom stereocenters. The van der Waals surface area contributed by atoms with Crippen molar-refractivity contribution < 1.29 is 19.0 Å². The van der Waals surface area contributed by atoms with Crippen LogP contribution in [0.25, 0.3) is 0 Å². The van der Waals surface area contributed by atoms with Crippen LogP contribution in [0.1, 0.15) is 15.9 Å². The summed E-state index contributed by atoms with van der Waals surface area (Å²) in [5, 5.41) is 12.0. The minimum absolute atomic E-state index is 0.190. The molecule has 2 rings (SSSR count). The van der Waals surface area contributed by atoms with Crippen LogP contribution >= 0.6 is 0 Å². The van der Waals surface area contributed by atoms with Gasteiger partial charge in [-0.05, 0) is 48.9 Å². The Morgan fingerprint density at radius 2 is 2.10 bits per heavy atom. The first-order chi connectivity index (χ1) is 10.1. The summed E-state index contributed by atoms with van der Waals surface area (Å²) in [4.78, 5) is 10.8. The summed E-state index contributed by atoms with van der Waals surface area (Å²) in [5.41, 5.74) is 1.86. The maximum Gasteiger partial charge on any atom is 0.335 e. The van der Waals surface area contributed by atoms with Gasteiger partial charge >= 0.3 is 5.97 Å². The molecule has 0 saturated heterocycles. The maximum absolute atomic E-state index is 13.0. The van der Waals surface area contributed by atoms with Gasteiger partial charge in [-0.3, -0.25) is 0 Å². The first-order valence-corrected chi connectivity index (χ1v) is 6.52. The summed E-state index contributed by atoms with van der Waals surface area (Å²) >= 11 is 0. The lowest BCUT2D eigenvalue weighted by atomic mass is 10.2. The largest absolute Gasteiger partial charge is 0.492 e. The van der Waals surface area contributed by atoms with E-state index >= 15 is 0 Å². The molecule has 0 aromatic heterocycles. The number of anilines is 1. The summed E-state index contributed by atoms with van der Waals surface area (Å²) in [5.74, 6) is -0.743. The van der Waals surface area contributed by atoms with Gasteiger partial charge in [0.2, 0.25) is 0 Å². The molecule has 0 aliphatic rings. The van der Waals surface area contributed by atoms with E-state index in [0.29, 0.717) is 18.9 Å². The molecule has 0 heterocycles. The van der Waals surface area contributed by atoms with Crippen molar-refractivity contribution in [2.45, 2.75) is 6.92 Å². The number of aryl methyl sites for hydroxylation is 1. The van der Waals surface area contributed by atoms with Gasteiger partial charge in [0, 0.05) is 12.2 Å². The Morgan fingerprint density at radius 1 is 1.29 bits per heavy atom. The van der Waals surface area contributed by atoms with Gasteiger partial charge < -0.3 is 15.2 Å². The number of carboxylic acid groups (broad SMARTS) is 1. The van der Waals surface area contributed by atoms with Crippen molar-refractivity contribution in [3.63, 3.8) is 0 Å². The number of hydrogen-bond acceptors (Lipinski definition) is 3. The lowest BCUT2D eigenvalue weighted by Crippen LogP contribution is -2.12. The summed E-state index contributed by atoms with van der Waals surface area (Å²) in [6.07, 6.45) is 0. The van der Waals surface area contributed by atoms with Crippen LogP contribution in [-0.2, 0) is 0 Å². The van der Waals surface area contributed by atoms with Crippen molar-refractivity contribution in [2.24, 2.45) is 0 Å². The van der Waals surface area contributed by atoms with Crippen LogP contribution in [0.5, 0.6) is 5.75 Å². The van der Waals surface area contributed by atoms with Gasteiger partial charge in [0.1, 0.15) is 18.2 Å². The molecule has 2 aromatic rings. The molecule has 110 valence electrons. The normalized spacial score (nSPS) is 10.2. The average molecular weight is 289 g/mol. The van der Waals surface area contributed by atoms with Gasteiger partial charge in [-0.1, -0.05) is 6.07 Å². The molecule has 4 nitrogen and oxygen atoms in total. The van der Waals surface area contributed by atoms with Gasteiger partial charge in [0.05, 0.1) is 5.56 Å². The maximum atomic E-state index is 13.0. The second-order valence-corrected chi connectivity index (χ2v) is 4.57. The van der Waals surface area contributed by atoms with Crippen molar-refractivity contribution in [3.8, 4) is 5.75 Å². The molecule has 5 heteroatoms. The van der Waals surface area contributed by atoms with Crippen LogP contribution < -0.4 is 10.1 Å². The smallest absolute Gasteiger partial charge is 0.335 e. The SMILES string of the molecule is Cc1cc(F)ccc1NCCOc1cccc(C(=O)O)c1. The zero-order valence-corrected chi connectivity index (χ0v) is 11.6. The summed E-state index contributed by atoms with van der Waals surface area (Å²) in [7, 11) is 0. The fraction of sp³-hybridized carbons (Fsp3) is 0.188. The van der Waals surface area contributed by atoms with E-state index in [1.165, 1.54) is 24.3 Å². The molecule has 0 spiro atoms. The third kappa shape index (κ3) is 4.21. The lowest BCUT2D eigenvalue weighted by molar-refractivity contribution is 0.0696. The quantitative estimate of drug-likeness (QED) is 0.801. The van der Waals surface area contributed by atoms with Crippen LogP contribution in [0.15, 0.2) is 42.5 Å². The van der Waals surface area contributed by atoms with Crippen LogP contribution in [-0.4, -0.2) is 24.2 Å². The van der Waals surface area contributed by atoms with E-state index in [-0.39, 0.29) is 11.4 Å². The van der Waals surface area contributed by atoms with Gasteiger partial charge in [-0.25, -0.2) is 9.18 Å². The monoisotopic (exact) mass is 289 g/mol. The molecule has 2 aromatic carbocycles. The molecule has 21 heavy (non-hydrogen) atoms. The highest BCUT2D eigenvalue weighted by Crippen LogP contribution is 2.16.